The average Bonchev–Trinajstić information content (AvgIpc) is 2.49. The standard InChI is InChI=1S/C10H17NO/c1-7-3-2-4-8-5-11-9(6-12)10(7)8/h2-3,7-12H,4-6H2,1H3/t7-,8+,9-,10+/m1/s1. The molecule has 68 valence electrons. The van der Waals surface area contributed by atoms with E-state index >= 15 is 0 Å². The summed E-state index contributed by atoms with van der Waals surface area (Å²) >= 11 is 0. The third-order valence-electron chi connectivity index (χ3n) is 3.33. The largest absolute Gasteiger partial charge is 0.395 e. The predicted octanol–water partition coefficient (Wildman–Crippen LogP) is 0.779. The predicted molar refractivity (Wildman–Crippen MR) is 48.8 cm³/mol. The zero-order valence-electron chi connectivity index (χ0n) is 7.53. The molecule has 0 spiro atoms. The Kier molecular flexibility index (Phi) is 2.20. The summed E-state index contributed by atoms with van der Waals surface area (Å²) in [6.07, 6.45) is 5.77. The Hall–Kier alpha value is -0.340. The van der Waals surface area contributed by atoms with Gasteiger partial charge >= 0.3 is 0 Å². The molecule has 2 nitrogen and oxygen atoms in total. The first-order chi connectivity index (χ1) is 5.83. The molecule has 2 rings (SSSR count). The summed E-state index contributed by atoms with van der Waals surface area (Å²) in [6, 6.07) is 0.343. The quantitative estimate of drug-likeness (QED) is 0.566. The third kappa shape index (κ3) is 1.19. The number of hydrogen-bond donors (Lipinski definition) is 2. The van der Waals surface area contributed by atoms with E-state index in [1.54, 1.807) is 0 Å². The van der Waals surface area contributed by atoms with Gasteiger partial charge in [0.15, 0.2) is 0 Å². The second-order valence-electron chi connectivity index (χ2n) is 4.06. The van der Waals surface area contributed by atoms with Crippen molar-refractivity contribution in [1.82, 2.24) is 5.32 Å². The van der Waals surface area contributed by atoms with Gasteiger partial charge in [-0.15, -0.1) is 0 Å². The third-order valence-corrected chi connectivity index (χ3v) is 3.33. The van der Waals surface area contributed by atoms with Crippen molar-refractivity contribution < 1.29 is 5.11 Å². The van der Waals surface area contributed by atoms with E-state index in [2.05, 4.69) is 24.4 Å². The van der Waals surface area contributed by atoms with Crippen LogP contribution in [0.5, 0.6) is 0 Å². The van der Waals surface area contributed by atoms with Gasteiger partial charge in [0.25, 0.3) is 0 Å². The van der Waals surface area contributed by atoms with Gasteiger partial charge < -0.3 is 10.4 Å². The normalized spacial score (nSPS) is 46.2. The molecule has 1 saturated heterocycles. The number of aliphatic hydroxyl groups excluding tert-OH is 1. The van der Waals surface area contributed by atoms with Gasteiger partial charge in [0.1, 0.15) is 0 Å². The van der Waals surface area contributed by atoms with Crippen LogP contribution in [-0.4, -0.2) is 24.3 Å². The molecule has 12 heavy (non-hydrogen) atoms. The zero-order valence-corrected chi connectivity index (χ0v) is 7.53. The second-order valence-corrected chi connectivity index (χ2v) is 4.06. The molecule has 2 N–H and O–H groups in total. The summed E-state index contributed by atoms with van der Waals surface area (Å²) in [6.45, 7) is 3.63. The lowest BCUT2D eigenvalue weighted by Crippen LogP contribution is -2.34. The van der Waals surface area contributed by atoms with E-state index < -0.39 is 0 Å². The maximum atomic E-state index is 9.14. The lowest BCUT2D eigenvalue weighted by molar-refractivity contribution is 0.189. The van der Waals surface area contributed by atoms with E-state index in [0.29, 0.717) is 24.5 Å². The molecular formula is C10H17NO. The molecule has 1 heterocycles. The highest BCUT2D eigenvalue weighted by Crippen LogP contribution is 2.35. The highest BCUT2D eigenvalue weighted by molar-refractivity contribution is 5.05. The average molecular weight is 167 g/mol. The second kappa shape index (κ2) is 3.19. The molecule has 0 bridgehead atoms. The summed E-state index contributed by atoms with van der Waals surface area (Å²) < 4.78 is 0. The molecule has 4 atom stereocenters. The van der Waals surface area contributed by atoms with Crippen molar-refractivity contribution in [2.75, 3.05) is 13.2 Å². The Morgan fingerprint density at radius 3 is 3.17 bits per heavy atom. The molecule has 1 aliphatic heterocycles. The van der Waals surface area contributed by atoms with Crippen molar-refractivity contribution in [2.45, 2.75) is 19.4 Å². The van der Waals surface area contributed by atoms with Crippen LogP contribution in [0.4, 0.5) is 0 Å². The Morgan fingerprint density at radius 1 is 1.58 bits per heavy atom. The minimum atomic E-state index is 0.291. The van der Waals surface area contributed by atoms with E-state index in [0.717, 1.165) is 12.5 Å². The minimum absolute atomic E-state index is 0.291. The Labute approximate surface area is 73.7 Å². The highest BCUT2D eigenvalue weighted by atomic mass is 16.3. The Morgan fingerprint density at radius 2 is 2.42 bits per heavy atom. The van der Waals surface area contributed by atoms with Gasteiger partial charge in [-0.1, -0.05) is 19.1 Å². The molecule has 0 saturated carbocycles. The van der Waals surface area contributed by atoms with Crippen LogP contribution in [0, 0.1) is 17.8 Å². The van der Waals surface area contributed by atoms with Crippen LogP contribution in [0.15, 0.2) is 12.2 Å². The Bertz CT molecular complexity index is 190. The fourth-order valence-corrected chi connectivity index (χ4v) is 2.72. The smallest absolute Gasteiger partial charge is 0.0587 e. The lowest BCUT2D eigenvalue weighted by atomic mass is 9.76. The van der Waals surface area contributed by atoms with Crippen molar-refractivity contribution in [3.8, 4) is 0 Å². The van der Waals surface area contributed by atoms with Gasteiger partial charge in [-0.25, -0.2) is 0 Å². The first-order valence-corrected chi connectivity index (χ1v) is 4.84. The van der Waals surface area contributed by atoms with Crippen LogP contribution in [0.1, 0.15) is 13.3 Å². The summed E-state index contributed by atoms with van der Waals surface area (Å²) in [7, 11) is 0. The van der Waals surface area contributed by atoms with E-state index in [4.69, 9.17) is 5.11 Å². The van der Waals surface area contributed by atoms with Crippen molar-refractivity contribution in [3.05, 3.63) is 12.2 Å². The van der Waals surface area contributed by atoms with Gasteiger partial charge in [-0.05, 0) is 30.7 Å². The van der Waals surface area contributed by atoms with Crippen LogP contribution in [0.25, 0.3) is 0 Å². The Balaban J connectivity index is 2.13. The maximum Gasteiger partial charge on any atom is 0.0587 e. The fourth-order valence-electron chi connectivity index (χ4n) is 2.72. The molecule has 2 aliphatic rings. The maximum absolute atomic E-state index is 9.14. The van der Waals surface area contributed by atoms with E-state index in [1.165, 1.54) is 6.42 Å². The number of fused-ring (bicyclic) bond motifs is 1. The van der Waals surface area contributed by atoms with Crippen LogP contribution in [0.3, 0.4) is 0 Å². The SMILES string of the molecule is C[C@@H]1C=CC[C@H]2CN[C@H](CO)[C@H]21. The summed E-state index contributed by atoms with van der Waals surface area (Å²) in [5.74, 6) is 2.07. The molecule has 0 unspecified atom stereocenters. The molecule has 1 fully saturated rings. The van der Waals surface area contributed by atoms with Gasteiger partial charge in [0.05, 0.1) is 6.61 Å². The molecule has 2 heteroatoms. The van der Waals surface area contributed by atoms with E-state index in [9.17, 15) is 0 Å². The summed E-state index contributed by atoms with van der Waals surface area (Å²) in [5, 5.41) is 12.5. The molecule has 0 radical (unpaired) electrons. The fraction of sp³-hybridized carbons (Fsp3) is 0.800. The summed E-state index contributed by atoms with van der Waals surface area (Å²) in [4.78, 5) is 0. The van der Waals surface area contributed by atoms with Crippen molar-refractivity contribution in [1.29, 1.82) is 0 Å². The van der Waals surface area contributed by atoms with E-state index in [-0.39, 0.29) is 0 Å². The van der Waals surface area contributed by atoms with Crippen molar-refractivity contribution >= 4 is 0 Å². The van der Waals surface area contributed by atoms with Crippen molar-refractivity contribution in [2.24, 2.45) is 17.8 Å². The van der Waals surface area contributed by atoms with E-state index in [1.807, 2.05) is 0 Å². The first kappa shape index (κ1) is 8.27. The summed E-state index contributed by atoms with van der Waals surface area (Å²) in [5.41, 5.74) is 0. The van der Waals surface area contributed by atoms with Gasteiger partial charge in [-0.2, -0.15) is 0 Å². The topological polar surface area (TPSA) is 32.3 Å². The molecule has 0 aromatic heterocycles. The van der Waals surface area contributed by atoms with Crippen LogP contribution >= 0.6 is 0 Å². The first-order valence-electron chi connectivity index (χ1n) is 4.84. The number of nitrogens with one attached hydrogen (secondary N) is 1. The molecule has 0 aromatic rings. The van der Waals surface area contributed by atoms with Crippen molar-refractivity contribution in [3.63, 3.8) is 0 Å². The van der Waals surface area contributed by atoms with Gasteiger partial charge in [0, 0.05) is 6.04 Å². The van der Waals surface area contributed by atoms with Gasteiger partial charge in [-0.3, -0.25) is 0 Å². The monoisotopic (exact) mass is 167 g/mol. The number of rotatable bonds is 1. The lowest BCUT2D eigenvalue weighted by Gasteiger charge is -2.29. The number of hydrogen-bond acceptors (Lipinski definition) is 2. The van der Waals surface area contributed by atoms with Crippen LogP contribution < -0.4 is 5.32 Å². The van der Waals surface area contributed by atoms with Crippen LogP contribution in [0.2, 0.25) is 0 Å². The number of allylic oxidation sites excluding steroid dienone is 2. The number of aliphatic hydroxyl groups is 1. The highest BCUT2D eigenvalue weighted by Gasteiger charge is 2.38. The van der Waals surface area contributed by atoms with Gasteiger partial charge in [0.2, 0.25) is 0 Å². The van der Waals surface area contributed by atoms with Crippen LogP contribution in [-0.2, 0) is 0 Å². The molecule has 1 aliphatic carbocycles. The minimum Gasteiger partial charge on any atom is -0.395 e. The molecule has 0 aromatic carbocycles. The zero-order chi connectivity index (χ0) is 8.55. The molecule has 0 amide bonds. The molecular weight excluding hydrogens is 150 g/mol.